The standard InChI is InChI=1S/C20H19NO6S/c1-26-19(22)18(20(23)27-2)17(14-9-5-3-6-10-14)16(13-21)28(24,25)15-11-7-4-8-12-15/h3-12,16-18H,1-2H3. The Bertz CT molecular complexity index is 951. The summed E-state index contributed by atoms with van der Waals surface area (Å²) >= 11 is 0. The first-order chi connectivity index (χ1) is 13.4. The quantitative estimate of drug-likeness (QED) is 0.516. The van der Waals surface area contributed by atoms with Gasteiger partial charge in [0, 0.05) is 5.92 Å². The van der Waals surface area contributed by atoms with Crippen LogP contribution in [0.2, 0.25) is 0 Å². The van der Waals surface area contributed by atoms with Gasteiger partial charge in [0.2, 0.25) is 0 Å². The molecule has 28 heavy (non-hydrogen) atoms. The van der Waals surface area contributed by atoms with E-state index in [2.05, 4.69) is 0 Å². The van der Waals surface area contributed by atoms with Gasteiger partial charge in [0.05, 0.1) is 25.2 Å². The number of nitrogens with zero attached hydrogens (tertiary/aromatic N) is 1. The fraction of sp³-hybridized carbons (Fsp3) is 0.250. The number of nitriles is 1. The molecule has 2 aromatic rings. The Kier molecular flexibility index (Phi) is 6.90. The summed E-state index contributed by atoms with van der Waals surface area (Å²) in [5.41, 5.74) is 0.328. The highest BCUT2D eigenvalue weighted by Gasteiger charge is 2.47. The van der Waals surface area contributed by atoms with E-state index in [1.807, 2.05) is 0 Å². The smallest absolute Gasteiger partial charge is 0.320 e. The summed E-state index contributed by atoms with van der Waals surface area (Å²) < 4.78 is 35.8. The van der Waals surface area contributed by atoms with Crippen LogP contribution in [-0.2, 0) is 28.9 Å². The highest BCUT2D eigenvalue weighted by atomic mass is 32.2. The van der Waals surface area contributed by atoms with Crippen LogP contribution in [0.5, 0.6) is 0 Å². The van der Waals surface area contributed by atoms with Gasteiger partial charge in [0.1, 0.15) is 0 Å². The molecule has 0 aromatic heterocycles. The van der Waals surface area contributed by atoms with Crippen molar-refractivity contribution in [1.82, 2.24) is 0 Å². The molecule has 0 spiro atoms. The molecule has 0 aliphatic heterocycles. The number of hydrogen-bond acceptors (Lipinski definition) is 7. The lowest BCUT2D eigenvalue weighted by molar-refractivity contribution is -0.159. The average Bonchev–Trinajstić information content (AvgIpc) is 2.74. The van der Waals surface area contributed by atoms with Crippen molar-refractivity contribution in [2.45, 2.75) is 16.1 Å². The number of rotatable bonds is 7. The van der Waals surface area contributed by atoms with Crippen molar-refractivity contribution in [2.24, 2.45) is 5.92 Å². The molecule has 2 unspecified atom stereocenters. The summed E-state index contributed by atoms with van der Waals surface area (Å²) in [5, 5.41) is 8.06. The van der Waals surface area contributed by atoms with Crippen LogP contribution in [0.1, 0.15) is 11.5 Å². The Hall–Kier alpha value is -3.18. The minimum Gasteiger partial charge on any atom is -0.468 e. The van der Waals surface area contributed by atoms with Crippen molar-refractivity contribution >= 4 is 21.8 Å². The summed E-state index contributed by atoms with van der Waals surface area (Å²) in [7, 11) is -2.05. The number of sulfone groups is 1. The first kappa shape index (κ1) is 21.1. The second-order valence-corrected chi connectivity index (χ2v) is 7.94. The number of methoxy groups -OCH3 is 2. The van der Waals surface area contributed by atoms with Crippen LogP contribution in [0.4, 0.5) is 0 Å². The lowest BCUT2D eigenvalue weighted by Crippen LogP contribution is -2.40. The minimum atomic E-state index is -4.20. The van der Waals surface area contributed by atoms with Gasteiger partial charge >= 0.3 is 11.9 Å². The summed E-state index contributed by atoms with van der Waals surface area (Å²) in [6.07, 6.45) is 0. The van der Waals surface area contributed by atoms with Crippen molar-refractivity contribution in [3.8, 4) is 6.07 Å². The first-order valence-corrected chi connectivity index (χ1v) is 9.82. The van der Waals surface area contributed by atoms with Crippen LogP contribution in [0, 0.1) is 17.2 Å². The van der Waals surface area contributed by atoms with E-state index in [1.165, 1.54) is 24.3 Å². The molecular weight excluding hydrogens is 382 g/mol. The predicted molar refractivity (Wildman–Crippen MR) is 99.7 cm³/mol. The van der Waals surface area contributed by atoms with E-state index >= 15 is 0 Å². The first-order valence-electron chi connectivity index (χ1n) is 8.27. The van der Waals surface area contributed by atoms with Gasteiger partial charge in [-0.2, -0.15) is 5.26 Å². The highest BCUT2D eigenvalue weighted by molar-refractivity contribution is 7.92. The van der Waals surface area contributed by atoms with Crippen LogP contribution < -0.4 is 0 Å². The lowest BCUT2D eigenvalue weighted by Gasteiger charge is -2.27. The van der Waals surface area contributed by atoms with Gasteiger partial charge in [-0.3, -0.25) is 9.59 Å². The SMILES string of the molecule is COC(=O)C(C(=O)OC)C(c1ccccc1)C(C#N)S(=O)(=O)c1ccccc1. The molecule has 2 aromatic carbocycles. The Morgan fingerprint density at radius 1 is 0.893 bits per heavy atom. The van der Waals surface area contributed by atoms with Crippen molar-refractivity contribution in [2.75, 3.05) is 14.2 Å². The fourth-order valence-electron chi connectivity index (χ4n) is 2.96. The molecule has 0 saturated carbocycles. The van der Waals surface area contributed by atoms with Gasteiger partial charge in [-0.15, -0.1) is 0 Å². The van der Waals surface area contributed by atoms with E-state index in [0.29, 0.717) is 5.56 Å². The van der Waals surface area contributed by atoms with Crippen molar-refractivity contribution in [1.29, 1.82) is 5.26 Å². The van der Waals surface area contributed by atoms with Gasteiger partial charge in [0.25, 0.3) is 0 Å². The van der Waals surface area contributed by atoms with Crippen LogP contribution in [-0.4, -0.2) is 39.8 Å². The molecule has 0 aliphatic rings. The minimum absolute atomic E-state index is 0.0871. The van der Waals surface area contributed by atoms with Gasteiger partial charge in [-0.05, 0) is 17.7 Å². The van der Waals surface area contributed by atoms with E-state index in [9.17, 15) is 23.3 Å². The van der Waals surface area contributed by atoms with Crippen molar-refractivity contribution < 1.29 is 27.5 Å². The third-order valence-electron chi connectivity index (χ3n) is 4.31. The Labute approximate surface area is 163 Å². The van der Waals surface area contributed by atoms with E-state index < -0.39 is 38.9 Å². The average molecular weight is 401 g/mol. The monoisotopic (exact) mass is 401 g/mol. The Morgan fingerprint density at radius 3 is 1.79 bits per heavy atom. The van der Waals surface area contributed by atoms with Crippen molar-refractivity contribution in [3.63, 3.8) is 0 Å². The Balaban J connectivity index is 2.71. The second kappa shape index (κ2) is 9.15. The molecule has 0 amide bonds. The zero-order chi connectivity index (χ0) is 20.7. The van der Waals surface area contributed by atoms with Crippen LogP contribution >= 0.6 is 0 Å². The van der Waals surface area contributed by atoms with Crippen LogP contribution in [0.3, 0.4) is 0 Å². The molecule has 8 heteroatoms. The maximum absolute atomic E-state index is 13.2. The summed E-state index contributed by atoms with van der Waals surface area (Å²) in [6, 6.07) is 17.2. The summed E-state index contributed by atoms with van der Waals surface area (Å²) in [5.74, 6) is -4.91. The molecule has 0 saturated heterocycles. The predicted octanol–water partition coefficient (Wildman–Crippen LogP) is 2.10. The topological polar surface area (TPSA) is 111 Å². The third kappa shape index (κ3) is 4.21. The zero-order valence-corrected chi connectivity index (χ0v) is 16.1. The largest absolute Gasteiger partial charge is 0.468 e. The lowest BCUT2D eigenvalue weighted by atomic mass is 9.83. The third-order valence-corrected chi connectivity index (χ3v) is 6.31. The van der Waals surface area contributed by atoms with Gasteiger partial charge in [-0.1, -0.05) is 48.5 Å². The molecule has 0 fully saturated rings. The molecule has 0 aliphatic carbocycles. The number of ether oxygens (including phenoxy) is 2. The molecule has 7 nitrogen and oxygen atoms in total. The van der Waals surface area contributed by atoms with Crippen LogP contribution in [0.15, 0.2) is 65.6 Å². The highest BCUT2D eigenvalue weighted by Crippen LogP contribution is 2.36. The fourth-order valence-corrected chi connectivity index (χ4v) is 4.63. The molecule has 0 radical (unpaired) electrons. The van der Waals surface area contributed by atoms with Crippen LogP contribution in [0.25, 0.3) is 0 Å². The molecule has 146 valence electrons. The number of esters is 2. The number of carbonyl (C=O) groups is 2. The van der Waals surface area contributed by atoms with Gasteiger partial charge in [-0.25, -0.2) is 8.42 Å². The maximum Gasteiger partial charge on any atom is 0.320 e. The van der Waals surface area contributed by atoms with Gasteiger partial charge < -0.3 is 9.47 Å². The van der Waals surface area contributed by atoms with E-state index in [0.717, 1.165) is 14.2 Å². The summed E-state index contributed by atoms with van der Waals surface area (Å²) in [6.45, 7) is 0. The Morgan fingerprint density at radius 2 is 1.36 bits per heavy atom. The van der Waals surface area contributed by atoms with Crippen molar-refractivity contribution in [3.05, 3.63) is 66.2 Å². The van der Waals surface area contributed by atoms with E-state index in [4.69, 9.17) is 9.47 Å². The molecular formula is C20H19NO6S. The number of carbonyl (C=O) groups excluding carboxylic acids is 2. The molecule has 2 atom stereocenters. The molecule has 0 heterocycles. The molecule has 0 N–H and O–H groups in total. The second-order valence-electron chi connectivity index (χ2n) is 5.87. The maximum atomic E-state index is 13.2. The summed E-state index contributed by atoms with van der Waals surface area (Å²) in [4.78, 5) is 24.7. The normalized spacial score (nSPS) is 13.2. The van der Waals surface area contributed by atoms with Gasteiger partial charge in [0.15, 0.2) is 21.0 Å². The number of benzene rings is 2. The molecule has 2 rings (SSSR count). The van der Waals surface area contributed by atoms with E-state index in [1.54, 1.807) is 42.5 Å². The number of hydrogen-bond donors (Lipinski definition) is 0. The zero-order valence-electron chi connectivity index (χ0n) is 15.3. The molecule has 0 bridgehead atoms. The van der Waals surface area contributed by atoms with E-state index in [-0.39, 0.29) is 4.90 Å².